The topological polar surface area (TPSA) is 58.1 Å². The molecule has 0 fully saturated rings. The summed E-state index contributed by atoms with van der Waals surface area (Å²) in [6.45, 7) is 0. The van der Waals surface area contributed by atoms with Gasteiger partial charge >= 0.3 is 0 Å². The van der Waals surface area contributed by atoms with Crippen LogP contribution in [0.5, 0.6) is 11.5 Å². The van der Waals surface area contributed by atoms with Crippen LogP contribution >= 0.6 is 15.9 Å². The highest BCUT2D eigenvalue weighted by Gasteiger charge is 2.08. The number of phenols is 1. The van der Waals surface area contributed by atoms with Crippen LogP contribution in [-0.4, -0.2) is 22.2 Å². The van der Waals surface area contributed by atoms with Gasteiger partial charge in [-0.25, -0.2) is 4.98 Å². The molecule has 1 heterocycles. The zero-order valence-corrected chi connectivity index (χ0v) is 11.7. The van der Waals surface area contributed by atoms with E-state index in [1.54, 1.807) is 19.2 Å². The maximum Gasteiger partial charge on any atom is 0.138 e. The van der Waals surface area contributed by atoms with Crippen LogP contribution in [0.2, 0.25) is 0 Å². The van der Waals surface area contributed by atoms with Gasteiger partial charge in [0.2, 0.25) is 0 Å². The fourth-order valence-corrected chi connectivity index (χ4v) is 2.16. The number of halogens is 1. The maximum absolute atomic E-state index is 9.71. The Morgan fingerprint density at radius 2 is 2.05 bits per heavy atom. The smallest absolute Gasteiger partial charge is 0.138 e. The van der Waals surface area contributed by atoms with Gasteiger partial charge in [-0.3, -0.25) is 0 Å². The van der Waals surface area contributed by atoms with E-state index in [1.165, 1.54) is 0 Å². The zero-order valence-electron chi connectivity index (χ0n) is 10.1. The number of methoxy groups -OCH3 is 1. The second kappa shape index (κ2) is 4.59. The van der Waals surface area contributed by atoms with Crippen molar-refractivity contribution in [2.75, 3.05) is 7.11 Å². The van der Waals surface area contributed by atoms with E-state index < -0.39 is 0 Å². The van der Waals surface area contributed by atoms with Crippen molar-refractivity contribution in [3.8, 4) is 22.9 Å². The summed E-state index contributed by atoms with van der Waals surface area (Å²) in [4.78, 5) is 7.71. The molecule has 0 radical (unpaired) electrons. The van der Waals surface area contributed by atoms with Gasteiger partial charge in [0.15, 0.2) is 0 Å². The average Bonchev–Trinajstić information content (AvgIpc) is 2.84. The van der Waals surface area contributed by atoms with Crippen LogP contribution < -0.4 is 4.74 Å². The molecule has 0 saturated heterocycles. The summed E-state index contributed by atoms with van der Waals surface area (Å²) in [6, 6.07) is 11.0. The summed E-state index contributed by atoms with van der Waals surface area (Å²) >= 11 is 3.26. The second-order valence-electron chi connectivity index (χ2n) is 4.13. The summed E-state index contributed by atoms with van der Waals surface area (Å²) in [5, 5.41) is 9.71. The molecule has 5 heteroatoms. The quantitative estimate of drug-likeness (QED) is 0.757. The number of nitrogens with zero attached hydrogens (tertiary/aromatic N) is 1. The van der Waals surface area contributed by atoms with Crippen molar-refractivity contribution in [2.24, 2.45) is 0 Å². The van der Waals surface area contributed by atoms with Crippen molar-refractivity contribution in [3.05, 3.63) is 40.9 Å². The molecule has 3 rings (SSSR count). The number of H-pyrrole nitrogens is 1. The monoisotopic (exact) mass is 318 g/mol. The average molecular weight is 319 g/mol. The molecule has 3 aromatic rings. The van der Waals surface area contributed by atoms with Crippen molar-refractivity contribution in [1.82, 2.24) is 9.97 Å². The number of hydrogen-bond donors (Lipinski definition) is 2. The third kappa shape index (κ3) is 2.17. The van der Waals surface area contributed by atoms with E-state index in [1.807, 2.05) is 24.3 Å². The Kier molecular flexibility index (Phi) is 2.91. The minimum Gasteiger partial charge on any atom is -0.507 e. The van der Waals surface area contributed by atoms with Gasteiger partial charge in [0.1, 0.15) is 17.3 Å². The molecule has 19 heavy (non-hydrogen) atoms. The van der Waals surface area contributed by atoms with Gasteiger partial charge in [-0.15, -0.1) is 0 Å². The van der Waals surface area contributed by atoms with Crippen LogP contribution in [0.15, 0.2) is 40.9 Å². The third-order valence-electron chi connectivity index (χ3n) is 2.91. The number of aromatic amines is 1. The Labute approximate surface area is 118 Å². The normalized spacial score (nSPS) is 10.8. The number of hydrogen-bond acceptors (Lipinski definition) is 3. The first-order valence-corrected chi connectivity index (χ1v) is 6.49. The van der Waals surface area contributed by atoms with Crippen molar-refractivity contribution in [1.29, 1.82) is 0 Å². The van der Waals surface area contributed by atoms with Crippen molar-refractivity contribution in [3.63, 3.8) is 0 Å². The number of nitrogens with one attached hydrogen (secondary N) is 1. The van der Waals surface area contributed by atoms with Crippen LogP contribution in [0.1, 0.15) is 0 Å². The lowest BCUT2D eigenvalue weighted by Crippen LogP contribution is -1.81. The molecule has 96 valence electrons. The van der Waals surface area contributed by atoms with Crippen molar-refractivity contribution >= 4 is 27.0 Å². The predicted molar refractivity (Wildman–Crippen MR) is 77.4 cm³/mol. The Bertz CT molecular complexity index is 752. The molecular formula is C14H11BrN2O2. The first-order chi connectivity index (χ1) is 9.17. The van der Waals surface area contributed by atoms with E-state index >= 15 is 0 Å². The molecule has 1 aromatic heterocycles. The van der Waals surface area contributed by atoms with Gasteiger partial charge in [-0.05, 0) is 46.3 Å². The summed E-state index contributed by atoms with van der Waals surface area (Å²) in [5.74, 6) is 1.68. The molecule has 4 nitrogen and oxygen atoms in total. The van der Waals surface area contributed by atoms with Crippen LogP contribution in [0.3, 0.4) is 0 Å². The number of benzene rings is 2. The fraction of sp³-hybridized carbons (Fsp3) is 0.0714. The Morgan fingerprint density at radius 3 is 2.79 bits per heavy atom. The first kappa shape index (κ1) is 12.0. The lowest BCUT2D eigenvalue weighted by molar-refractivity contribution is 0.415. The molecule has 2 N–H and O–H groups in total. The molecule has 0 amide bonds. The van der Waals surface area contributed by atoms with Gasteiger partial charge < -0.3 is 14.8 Å². The number of ether oxygens (including phenoxy) is 1. The first-order valence-electron chi connectivity index (χ1n) is 5.70. The van der Waals surface area contributed by atoms with E-state index in [9.17, 15) is 5.11 Å². The van der Waals surface area contributed by atoms with Crippen LogP contribution in [0.25, 0.3) is 22.4 Å². The lowest BCUT2D eigenvalue weighted by atomic mass is 10.2. The number of rotatable bonds is 2. The van der Waals surface area contributed by atoms with Crippen LogP contribution in [-0.2, 0) is 0 Å². The van der Waals surface area contributed by atoms with Crippen molar-refractivity contribution in [2.45, 2.75) is 0 Å². The van der Waals surface area contributed by atoms with Crippen LogP contribution in [0, 0.1) is 0 Å². The molecule has 0 bridgehead atoms. The fourth-order valence-electron chi connectivity index (χ4n) is 1.91. The highest BCUT2D eigenvalue weighted by Crippen LogP contribution is 2.30. The molecule has 0 aliphatic carbocycles. The number of phenolic OH excluding ortho intramolecular Hbond substituents is 1. The minimum absolute atomic E-state index is 0.190. The predicted octanol–water partition coefficient (Wildman–Crippen LogP) is 3.71. The summed E-state index contributed by atoms with van der Waals surface area (Å²) in [6.07, 6.45) is 0. The molecule has 0 spiro atoms. The van der Waals surface area contributed by atoms with Gasteiger partial charge in [-0.2, -0.15) is 0 Å². The summed E-state index contributed by atoms with van der Waals surface area (Å²) in [7, 11) is 1.63. The summed E-state index contributed by atoms with van der Waals surface area (Å²) in [5.41, 5.74) is 2.59. The lowest BCUT2D eigenvalue weighted by Gasteiger charge is -1.99. The third-order valence-corrected chi connectivity index (χ3v) is 3.58. The molecule has 2 aromatic carbocycles. The Morgan fingerprint density at radius 1 is 1.21 bits per heavy atom. The van der Waals surface area contributed by atoms with E-state index in [-0.39, 0.29) is 5.75 Å². The standard InChI is InChI=1S/C14H11BrN2O2/c1-19-9-3-5-11-12(7-9)17-14(16-11)8-2-4-10(15)13(18)6-8/h2-7,18H,1H3,(H,16,17). The maximum atomic E-state index is 9.71. The largest absolute Gasteiger partial charge is 0.507 e. The van der Waals surface area contributed by atoms with E-state index in [2.05, 4.69) is 25.9 Å². The van der Waals surface area contributed by atoms with E-state index in [0.717, 1.165) is 22.3 Å². The molecule has 0 atom stereocenters. The van der Waals surface area contributed by atoms with Gasteiger partial charge in [0, 0.05) is 11.6 Å². The molecule has 0 unspecified atom stereocenters. The second-order valence-corrected chi connectivity index (χ2v) is 4.99. The zero-order chi connectivity index (χ0) is 13.4. The number of aromatic nitrogens is 2. The Hall–Kier alpha value is -2.01. The number of fused-ring (bicyclic) bond motifs is 1. The highest BCUT2D eigenvalue weighted by atomic mass is 79.9. The van der Waals surface area contributed by atoms with Gasteiger partial charge in [0.05, 0.1) is 22.6 Å². The van der Waals surface area contributed by atoms with Gasteiger partial charge in [-0.1, -0.05) is 0 Å². The van der Waals surface area contributed by atoms with E-state index in [0.29, 0.717) is 10.3 Å². The van der Waals surface area contributed by atoms with Gasteiger partial charge in [0.25, 0.3) is 0 Å². The number of imidazole rings is 1. The number of aromatic hydroxyl groups is 1. The Balaban J connectivity index is 2.11. The van der Waals surface area contributed by atoms with Crippen LogP contribution in [0.4, 0.5) is 0 Å². The SMILES string of the molecule is COc1ccc2nc(-c3ccc(Br)c(O)c3)[nH]c2c1. The van der Waals surface area contributed by atoms with E-state index in [4.69, 9.17) is 4.74 Å². The van der Waals surface area contributed by atoms with Crippen molar-refractivity contribution < 1.29 is 9.84 Å². The summed E-state index contributed by atoms with van der Waals surface area (Å²) < 4.78 is 5.84. The highest BCUT2D eigenvalue weighted by molar-refractivity contribution is 9.10. The molecule has 0 saturated carbocycles. The molecule has 0 aliphatic rings. The minimum atomic E-state index is 0.190. The molecular weight excluding hydrogens is 308 g/mol. The molecule has 0 aliphatic heterocycles.